The highest BCUT2D eigenvalue weighted by atomic mass is 79.9. The van der Waals surface area contributed by atoms with Gasteiger partial charge in [0.1, 0.15) is 11.6 Å². The Morgan fingerprint density at radius 3 is 2.71 bits per heavy atom. The highest BCUT2D eigenvalue weighted by Crippen LogP contribution is 2.33. The fraction of sp³-hybridized carbons (Fsp3) is 0.533. The second-order valence-corrected chi connectivity index (χ2v) is 6.69. The van der Waals surface area contributed by atoms with Gasteiger partial charge in [-0.2, -0.15) is 0 Å². The Kier molecular flexibility index (Phi) is 5.11. The van der Waals surface area contributed by atoms with Crippen molar-refractivity contribution in [3.05, 3.63) is 28.2 Å². The first-order valence-corrected chi connectivity index (χ1v) is 7.80. The molecule has 6 heteroatoms. The number of amidine groups is 1. The van der Waals surface area contributed by atoms with Crippen LogP contribution in [0.4, 0.5) is 0 Å². The van der Waals surface area contributed by atoms with E-state index in [1.807, 2.05) is 12.1 Å². The first-order valence-electron chi connectivity index (χ1n) is 7.01. The number of hydrogen-bond donors (Lipinski definition) is 2. The van der Waals surface area contributed by atoms with E-state index in [2.05, 4.69) is 39.0 Å². The molecule has 0 aliphatic carbocycles. The summed E-state index contributed by atoms with van der Waals surface area (Å²) in [4.78, 5) is 2.37. The molecule has 1 aliphatic rings. The lowest BCUT2D eigenvalue weighted by molar-refractivity contribution is 0.152. The van der Waals surface area contributed by atoms with Gasteiger partial charge in [-0.1, -0.05) is 28.0 Å². The minimum atomic E-state index is -0.202. The number of benzene rings is 1. The fourth-order valence-electron chi connectivity index (χ4n) is 2.69. The molecule has 0 unspecified atom stereocenters. The molecular weight excluding hydrogens is 334 g/mol. The molecule has 1 aromatic rings. The number of likely N-dealkylation sites (tertiary alicyclic amines) is 1. The lowest BCUT2D eigenvalue weighted by atomic mass is 9.79. The summed E-state index contributed by atoms with van der Waals surface area (Å²) in [5.41, 5.74) is 6.76. The molecule has 21 heavy (non-hydrogen) atoms. The van der Waals surface area contributed by atoms with Gasteiger partial charge >= 0.3 is 0 Å². The average Bonchev–Trinajstić information content (AvgIpc) is 2.49. The molecule has 0 amide bonds. The number of piperidine rings is 1. The van der Waals surface area contributed by atoms with Gasteiger partial charge in [-0.05, 0) is 44.1 Å². The average molecular weight is 356 g/mol. The number of oxime groups is 1. The van der Waals surface area contributed by atoms with Crippen LogP contribution in [-0.4, -0.2) is 36.1 Å². The molecule has 0 bridgehead atoms. The van der Waals surface area contributed by atoms with Crippen LogP contribution in [-0.2, 0) is 6.54 Å². The van der Waals surface area contributed by atoms with Gasteiger partial charge < -0.3 is 15.7 Å². The standard InChI is InChI=1S/C15H22BrN3O2/c1-15(14(17)18-20)5-7-19(8-6-15)10-11-9-12(16)3-4-13(11)21-2/h3-4,9,20H,5-8,10H2,1-2H3,(H2,17,18). The van der Waals surface area contributed by atoms with E-state index < -0.39 is 0 Å². The van der Waals surface area contributed by atoms with E-state index in [1.165, 1.54) is 5.56 Å². The molecule has 0 spiro atoms. The highest BCUT2D eigenvalue weighted by molar-refractivity contribution is 9.10. The molecule has 1 fully saturated rings. The predicted octanol–water partition coefficient (Wildman–Crippen LogP) is 2.81. The van der Waals surface area contributed by atoms with E-state index >= 15 is 0 Å². The second kappa shape index (κ2) is 6.66. The molecule has 0 radical (unpaired) electrons. The molecule has 1 saturated heterocycles. The molecule has 3 N–H and O–H groups in total. The molecular formula is C15H22BrN3O2. The Morgan fingerprint density at radius 2 is 2.14 bits per heavy atom. The van der Waals surface area contributed by atoms with E-state index in [4.69, 9.17) is 15.7 Å². The number of ether oxygens (including phenoxy) is 1. The van der Waals surface area contributed by atoms with Gasteiger partial charge in [-0.25, -0.2) is 0 Å². The van der Waals surface area contributed by atoms with Crippen LogP contribution in [0.1, 0.15) is 25.3 Å². The Bertz CT molecular complexity index is 526. The van der Waals surface area contributed by atoms with Crippen LogP contribution in [0, 0.1) is 5.41 Å². The minimum absolute atomic E-state index is 0.202. The van der Waals surface area contributed by atoms with Crippen molar-refractivity contribution in [2.75, 3.05) is 20.2 Å². The van der Waals surface area contributed by atoms with Gasteiger partial charge in [0.2, 0.25) is 0 Å². The first-order chi connectivity index (χ1) is 9.98. The zero-order chi connectivity index (χ0) is 15.5. The zero-order valence-corrected chi connectivity index (χ0v) is 14.1. The van der Waals surface area contributed by atoms with Gasteiger partial charge in [-0.15, -0.1) is 0 Å². The molecule has 1 aromatic carbocycles. The molecule has 1 aliphatic heterocycles. The van der Waals surface area contributed by atoms with Crippen molar-refractivity contribution in [2.45, 2.75) is 26.3 Å². The third kappa shape index (κ3) is 3.68. The molecule has 5 nitrogen and oxygen atoms in total. The van der Waals surface area contributed by atoms with E-state index in [9.17, 15) is 0 Å². The van der Waals surface area contributed by atoms with Crippen LogP contribution in [0.2, 0.25) is 0 Å². The van der Waals surface area contributed by atoms with Gasteiger partial charge in [0.15, 0.2) is 0 Å². The molecule has 116 valence electrons. The van der Waals surface area contributed by atoms with Crippen LogP contribution in [0.3, 0.4) is 0 Å². The van der Waals surface area contributed by atoms with Crippen molar-refractivity contribution in [2.24, 2.45) is 16.3 Å². The maximum absolute atomic E-state index is 8.88. The van der Waals surface area contributed by atoms with Crippen molar-refractivity contribution in [1.82, 2.24) is 4.90 Å². The summed E-state index contributed by atoms with van der Waals surface area (Å²) in [5.74, 6) is 1.24. The third-order valence-corrected chi connectivity index (χ3v) is 4.82. The summed E-state index contributed by atoms with van der Waals surface area (Å²) < 4.78 is 6.47. The summed E-state index contributed by atoms with van der Waals surface area (Å²) in [7, 11) is 1.69. The third-order valence-electron chi connectivity index (χ3n) is 4.32. The highest BCUT2D eigenvalue weighted by Gasteiger charge is 2.34. The summed E-state index contributed by atoms with van der Waals surface area (Å²) in [6.07, 6.45) is 1.78. The van der Waals surface area contributed by atoms with Crippen LogP contribution in [0.25, 0.3) is 0 Å². The van der Waals surface area contributed by atoms with Gasteiger partial charge in [0.05, 0.1) is 7.11 Å². The van der Waals surface area contributed by atoms with Gasteiger partial charge in [0.25, 0.3) is 0 Å². The lowest BCUT2D eigenvalue weighted by Crippen LogP contribution is -2.45. The molecule has 0 atom stereocenters. The number of hydrogen-bond acceptors (Lipinski definition) is 4. The number of nitrogens with two attached hydrogens (primary N) is 1. The Labute approximate surface area is 133 Å². The molecule has 1 heterocycles. The topological polar surface area (TPSA) is 71.1 Å². The van der Waals surface area contributed by atoms with Crippen LogP contribution < -0.4 is 10.5 Å². The normalized spacial score (nSPS) is 19.5. The first kappa shape index (κ1) is 16.1. The van der Waals surface area contributed by atoms with Crippen LogP contribution in [0.15, 0.2) is 27.8 Å². The maximum atomic E-state index is 8.88. The van der Waals surface area contributed by atoms with Crippen molar-refractivity contribution in [1.29, 1.82) is 0 Å². The number of methoxy groups -OCH3 is 1. The Morgan fingerprint density at radius 1 is 1.48 bits per heavy atom. The molecule has 0 aromatic heterocycles. The van der Waals surface area contributed by atoms with Crippen molar-refractivity contribution >= 4 is 21.8 Å². The number of rotatable bonds is 4. The largest absolute Gasteiger partial charge is 0.496 e. The SMILES string of the molecule is COc1ccc(Br)cc1CN1CCC(C)(/C(N)=N/O)CC1. The van der Waals surface area contributed by atoms with Crippen LogP contribution >= 0.6 is 15.9 Å². The zero-order valence-electron chi connectivity index (χ0n) is 12.5. The van der Waals surface area contributed by atoms with Crippen molar-refractivity contribution in [3.63, 3.8) is 0 Å². The predicted molar refractivity (Wildman–Crippen MR) is 86.7 cm³/mol. The maximum Gasteiger partial charge on any atom is 0.145 e. The van der Waals surface area contributed by atoms with E-state index in [0.717, 1.165) is 42.7 Å². The Balaban J connectivity index is 2.03. The quantitative estimate of drug-likeness (QED) is 0.377. The Hall–Kier alpha value is -1.27. The second-order valence-electron chi connectivity index (χ2n) is 5.78. The van der Waals surface area contributed by atoms with Crippen molar-refractivity contribution in [3.8, 4) is 5.75 Å². The molecule has 2 rings (SSSR count). The van der Waals surface area contributed by atoms with E-state index in [0.29, 0.717) is 5.84 Å². The summed E-state index contributed by atoms with van der Waals surface area (Å²) in [6, 6.07) is 6.05. The van der Waals surface area contributed by atoms with Crippen LogP contribution in [0.5, 0.6) is 5.75 Å². The monoisotopic (exact) mass is 355 g/mol. The lowest BCUT2D eigenvalue weighted by Gasteiger charge is -2.38. The summed E-state index contributed by atoms with van der Waals surface area (Å²) in [6.45, 7) is 4.73. The number of halogens is 1. The van der Waals surface area contributed by atoms with Crippen molar-refractivity contribution < 1.29 is 9.94 Å². The molecule has 0 saturated carbocycles. The fourth-order valence-corrected chi connectivity index (χ4v) is 3.10. The van der Waals surface area contributed by atoms with Gasteiger partial charge in [-0.3, -0.25) is 4.90 Å². The van der Waals surface area contributed by atoms with E-state index in [1.54, 1.807) is 7.11 Å². The van der Waals surface area contributed by atoms with E-state index in [-0.39, 0.29) is 5.41 Å². The number of nitrogens with zero attached hydrogens (tertiary/aromatic N) is 2. The summed E-state index contributed by atoms with van der Waals surface area (Å²) >= 11 is 3.50. The minimum Gasteiger partial charge on any atom is -0.496 e. The smallest absolute Gasteiger partial charge is 0.145 e. The summed E-state index contributed by atoms with van der Waals surface area (Å²) in [5, 5.41) is 12.1. The van der Waals surface area contributed by atoms with Gasteiger partial charge in [0, 0.05) is 22.0 Å².